The molecule has 2 aromatic carbocycles. The predicted molar refractivity (Wildman–Crippen MR) is 72.8 cm³/mol. The van der Waals surface area contributed by atoms with Crippen molar-refractivity contribution in [2.75, 3.05) is 0 Å². The van der Waals surface area contributed by atoms with E-state index in [2.05, 4.69) is 0 Å². The summed E-state index contributed by atoms with van der Waals surface area (Å²) < 4.78 is 0. The van der Waals surface area contributed by atoms with Crippen molar-refractivity contribution in [3.63, 3.8) is 0 Å². The van der Waals surface area contributed by atoms with E-state index in [0.29, 0.717) is 5.56 Å². The van der Waals surface area contributed by atoms with Crippen LogP contribution in [0, 0.1) is 22.7 Å². The van der Waals surface area contributed by atoms with Gasteiger partial charge in [-0.15, -0.1) is 0 Å². The Bertz CT molecular complexity index is 870. The summed E-state index contributed by atoms with van der Waals surface area (Å²) >= 11 is 0. The maximum Gasteiger partial charge on any atom is 0.195 e. The zero-order valence-electron chi connectivity index (χ0n) is 10.7. The molecule has 100 valence electrons. The van der Waals surface area contributed by atoms with E-state index in [0.717, 1.165) is 0 Å². The Morgan fingerprint density at radius 3 is 1.95 bits per heavy atom. The van der Waals surface area contributed by atoms with Crippen LogP contribution in [0.15, 0.2) is 36.4 Å². The Morgan fingerprint density at radius 2 is 1.38 bits per heavy atom. The van der Waals surface area contributed by atoms with Gasteiger partial charge in [-0.2, -0.15) is 10.5 Å². The maximum absolute atomic E-state index is 12.5. The third-order valence-corrected chi connectivity index (χ3v) is 3.33. The van der Waals surface area contributed by atoms with Gasteiger partial charge in [0, 0.05) is 16.7 Å². The second-order valence-electron chi connectivity index (χ2n) is 4.34. The molecule has 0 heterocycles. The number of hydrogen-bond acceptors (Lipinski definition) is 4. The molecule has 3 rings (SSSR count). The number of benzene rings is 2. The van der Waals surface area contributed by atoms with E-state index in [9.17, 15) is 14.9 Å². The molecule has 1 aliphatic rings. The molecule has 0 atom stereocenters. The zero-order chi connectivity index (χ0) is 14.3. The van der Waals surface area contributed by atoms with Crippen LogP contribution in [0.2, 0.25) is 0 Å². The van der Waals surface area contributed by atoms with Gasteiger partial charge in [0.25, 0.3) is 0 Å². The van der Waals surface area contributed by atoms with Crippen molar-refractivity contribution in [1.29, 1.82) is 10.5 Å². The fourth-order valence-electron chi connectivity index (χ4n) is 2.40. The van der Waals surface area contributed by atoms with Gasteiger partial charge in [0.1, 0.15) is 12.1 Å². The molecule has 2 N–H and O–H groups in total. The molecule has 0 saturated carbocycles. The monoisotopic (exact) mass is 276 g/mol. The fraction of sp³-hybridized carbons (Fsp3) is 0. The first-order valence-electron chi connectivity index (χ1n) is 5.84. The summed E-state index contributed by atoms with van der Waals surface area (Å²) in [6.45, 7) is 0. The Hall–Kier alpha value is -3.28. The first-order valence-corrected chi connectivity index (χ1v) is 5.84. The van der Waals surface area contributed by atoms with Crippen LogP contribution in [-0.4, -0.2) is 17.0 Å². The molecular formula is C16H8N2O3. The van der Waals surface area contributed by atoms with Gasteiger partial charge < -0.3 is 5.48 Å². The Labute approximate surface area is 120 Å². The Morgan fingerprint density at radius 1 is 0.762 bits per heavy atom. The van der Waals surface area contributed by atoms with Crippen LogP contribution in [0.1, 0.15) is 43.0 Å². The number of ketones is 2. The molecule has 0 radical (unpaired) electrons. The van der Waals surface area contributed by atoms with Crippen LogP contribution in [0.3, 0.4) is 0 Å². The number of nitriles is 2. The Kier molecular flexibility index (Phi) is 3.37. The van der Waals surface area contributed by atoms with Crippen molar-refractivity contribution in [2.45, 2.75) is 0 Å². The van der Waals surface area contributed by atoms with E-state index in [1.165, 1.54) is 12.1 Å². The van der Waals surface area contributed by atoms with Crippen molar-refractivity contribution in [3.05, 3.63) is 69.8 Å². The standard InChI is InChI=1S/C16H6N2O2.H2O/c17-7-9-5-6-12-14(13(9)8-18)16(20)11-4-2-1-3-10(11)15(12)19;/h1-6H;1H2. The summed E-state index contributed by atoms with van der Waals surface area (Å²) in [5.41, 5.74) is 0.902. The number of carbonyl (C=O) groups excluding carboxylic acids is 2. The van der Waals surface area contributed by atoms with Crippen molar-refractivity contribution in [1.82, 2.24) is 0 Å². The summed E-state index contributed by atoms with van der Waals surface area (Å²) in [5, 5.41) is 18.2. The summed E-state index contributed by atoms with van der Waals surface area (Å²) in [6, 6.07) is 13.1. The van der Waals surface area contributed by atoms with Gasteiger partial charge in [-0.05, 0) is 12.1 Å². The molecule has 0 fully saturated rings. The highest BCUT2D eigenvalue weighted by atomic mass is 16.1. The SMILES string of the molecule is N#Cc1ccc2c(c1C#N)C(=O)c1ccccc1C2=O.O. The second kappa shape index (κ2) is 5.01. The van der Waals surface area contributed by atoms with E-state index < -0.39 is 0 Å². The number of carbonyl (C=O) groups is 2. The van der Waals surface area contributed by atoms with E-state index in [4.69, 9.17) is 5.26 Å². The predicted octanol–water partition coefficient (Wildman–Crippen LogP) is 1.38. The maximum atomic E-state index is 12.5. The van der Waals surface area contributed by atoms with E-state index in [-0.39, 0.29) is 44.9 Å². The third kappa shape index (κ3) is 1.81. The topological polar surface area (TPSA) is 113 Å². The minimum Gasteiger partial charge on any atom is -0.412 e. The highest BCUT2D eigenvalue weighted by Crippen LogP contribution is 2.30. The average Bonchev–Trinajstić information content (AvgIpc) is 2.51. The highest BCUT2D eigenvalue weighted by molar-refractivity contribution is 6.29. The van der Waals surface area contributed by atoms with Gasteiger partial charge in [-0.3, -0.25) is 9.59 Å². The van der Waals surface area contributed by atoms with Crippen molar-refractivity contribution in [2.24, 2.45) is 0 Å². The van der Waals surface area contributed by atoms with Crippen molar-refractivity contribution in [3.8, 4) is 12.1 Å². The molecule has 0 aromatic heterocycles. The largest absolute Gasteiger partial charge is 0.412 e. The molecule has 0 bridgehead atoms. The molecule has 0 spiro atoms. The number of hydrogen-bond donors (Lipinski definition) is 0. The number of fused-ring (bicyclic) bond motifs is 2. The van der Waals surface area contributed by atoms with E-state index in [1.807, 2.05) is 12.1 Å². The molecule has 0 saturated heterocycles. The quantitative estimate of drug-likeness (QED) is 0.617. The van der Waals surface area contributed by atoms with Gasteiger partial charge in [0.05, 0.1) is 16.7 Å². The summed E-state index contributed by atoms with van der Waals surface area (Å²) in [7, 11) is 0. The van der Waals surface area contributed by atoms with Gasteiger partial charge in [-0.25, -0.2) is 0 Å². The van der Waals surface area contributed by atoms with Gasteiger partial charge >= 0.3 is 0 Å². The third-order valence-electron chi connectivity index (χ3n) is 3.33. The van der Waals surface area contributed by atoms with Crippen LogP contribution in [-0.2, 0) is 0 Å². The molecule has 0 unspecified atom stereocenters. The normalized spacial score (nSPS) is 11.5. The second-order valence-corrected chi connectivity index (χ2v) is 4.34. The Balaban J connectivity index is 0.00000161. The van der Waals surface area contributed by atoms with Crippen molar-refractivity contribution >= 4 is 11.6 Å². The smallest absolute Gasteiger partial charge is 0.195 e. The highest BCUT2D eigenvalue weighted by Gasteiger charge is 2.32. The molecule has 0 aliphatic heterocycles. The molecule has 5 heteroatoms. The lowest BCUT2D eigenvalue weighted by Crippen LogP contribution is -2.22. The average molecular weight is 276 g/mol. The minimum atomic E-state index is -0.385. The number of nitrogens with zero attached hydrogens (tertiary/aromatic N) is 2. The molecule has 0 amide bonds. The molecule has 1 aliphatic carbocycles. The van der Waals surface area contributed by atoms with Crippen LogP contribution < -0.4 is 0 Å². The lowest BCUT2D eigenvalue weighted by Gasteiger charge is -2.18. The van der Waals surface area contributed by atoms with Crippen molar-refractivity contribution < 1.29 is 15.1 Å². The van der Waals surface area contributed by atoms with Gasteiger partial charge in [0.15, 0.2) is 11.6 Å². The van der Waals surface area contributed by atoms with Gasteiger partial charge in [0.2, 0.25) is 0 Å². The van der Waals surface area contributed by atoms with Crippen LogP contribution >= 0.6 is 0 Å². The molecular weight excluding hydrogens is 268 g/mol. The summed E-state index contributed by atoms with van der Waals surface area (Å²) in [5.74, 6) is -0.681. The van der Waals surface area contributed by atoms with Gasteiger partial charge in [-0.1, -0.05) is 24.3 Å². The number of rotatable bonds is 0. The van der Waals surface area contributed by atoms with E-state index in [1.54, 1.807) is 24.3 Å². The van der Waals surface area contributed by atoms with Crippen LogP contribution in [0.25, 0.3) is 0 Å². The van der Waals surface area contributed by atoms with Crippen LogP contribution in [0.5, 0.6) is 0 Å². The van der Waals surface area contributed by atoms with Crippen LogP contribution in [0.4, 0.5) is 0 Å². The van der Waals surface area contributed by atoms with E-state index >= 15 is 0 Å². The molecule has 2 aromatic rings. The minimum absolute atomic E-state index is 0. The molecule has 5 nitrogen and oxygen atoms in total. The first kappa shape index (κ1) is 14.1. The first-order chi connectivity index (χ1) is 9.69. The lowest BCUT2D eigenvalue weighted by molar-refractivity contribution is 0.0979. The zero-order valence-corrected chi connectivity index (χ0v) is 10.7. The lowest BCUT2D eigenvalue weighted by atomic mass is 9.81. The fourth-order valence-corrected chi connectivity index (χ4v) is 2.40. The molecule has 21 heavy (non-hydrogen) atoms. The summed E-state index contributed by atoms with van der Waals surface area (Å²) in [6.07, 6.45) is 0. The summed E-state index contributed by atoms with van der Waals surface area (Å²) in [4.78, 5) is 24.9.